The lowest BCUT2D eigenvalue weighted by atomic mass is 9.88. The molecule has 1 heterocycles. The molecule has 2 aromatic carbocycles. The quantitative estimate of drug-likeness (QED) is 0.492. The molecule has 0 bridgehead atoms. The van der Waals surface area contributed by atoms with Crippen molar-refractivity contribution in [2.45, 2.75) is 45.1 Å². The fourth-order valence-corrected chi connectivity index (χ4v) is 4.17. The normalized spacial score (nSPS) is 18.4. The summed E-state index contributed by atoms with van der Waals surface area (Å²) in [6.45, 7) is 3.31. The molecular weight excluding hydrogens is 404 g/mol. The Hall–Kier alpha value is -3.12. The molecule has 1 aromatic heterocycles. The number of rotatable bonds is 8. The summed E-state index contributed by atoms with van der Waals surface area (Å²) in [5, 5.41) is 6.63. The van der Waals surface area contributed by atoms with Gasteiger partial charge in [-0.25, -0.2) is 0 Å². The standard InChI is InChI=1S/C26H30N2O4/c1-18-6-2-4-8-22(18)31-15-14-27-25(29)16-19-10-12-21(13-11-19)28-26(30)24-17-20-7-3-5-9-23(20)32-24/h3,5,7,9-13,17-18,22H,2,4,6,8,14-16H2,1H3,(H,27,29)(H,28,30). The smallest absolute Gasteiger partial charge is 0.291 e. The first kappa shape index (κ1) is 22.1. The Morgan fingerprint density at radius 1 is 1.06 bits per heavy atom. The summed E-state index contributed by atoms with van der Waals surface area (Å²) in [5.74, 6) is 0.521. The summed E-state index contributed by atoms with van der Waals surface area (Å²) in [6.07, 6.45) is 5.48. The third-order valence-electron chi connectivity index (χ3n) is 6.01. The number of carbonyl (C=O) groups is 2. The van der Waals surface area contributed by atoms with Gasteiger partial charge in [0, 0.05) is 17.6 Å². The number of amides is 2. The number of ether oxygens (including phenoxy) is 1. The molecule has 1 fully saturated rings. The summed E-state index contributed by atoms with van der Waals surface area (Å²) in [7, 11) is 0. The van der Waals surface area contributed by atoms with Crippen LogP contribution in [0.4, 0.5) is 5.69 Å². The Balaban J connectivity index is 1.21. The minimum atomic E-state index is -0.307. The van der Waals surface area contributed by atoms with Gasteiger partial charge in [0.05, 0.1) is 19.1 Å². The molecule has 0 aliphatic heterocycles. The molecule has 6 heteroatoms. The Morgan fingerprint density at radius 3 is 2.62 bits per heavy atom. The molecule has 1 aliphatic rings. The molecule has 4 rings (SSSR count). The van der Waals surface area contributed by atoms with Gasteiger partial charge in [0.25, 0.3) is 5.91 Å². The van der Waals surface area contributed by atoms with Crippen molar-refractivity contribution in [3.63, 3.8) is 0 Å². The topological polar surface area (TPSA) is 80.6 Å². The maximum atomic E-state index is 12.4. The summed E-state index contributed by atoms with van der Waals surface area (Å²) >= 11 is 0. The molecule has 168 valence electrons. The fourth-order valence-electron chi connectivity index (χ4n) is 4.17. The second-order valence-corrected chi connectivity index (χ2v) is 8.50. The molecule has 1 aliphatic carbocycles. The van der Waals surface area contributed by atoms with E-state index in [2.05, 4.69) is 17.6 Å². The highest BCUT2D eigenvalue weighted by molar-refractivity contribution is 6.04. The van der Waals surface area contributed by atoms with Crippen LogP contribution in [0.3, 0.4) is 0 Å². The summed E-state index contributed by atoms with van der Waals surface area (Å²) in [6, 6.07) is 16.5. The lowest BCUT2D eigenvalue weighted by molar-refractivity contribution is -0.120. The van der Waals surface area contributed by atoms with Crippen LogP contribution in [-0.2, 0) is 16.0 Å². The maximum absolute atomic E-state index is 12.4. The van der Waals surface area contributed by atoms with Gasteiger partial charge in [-0.2, -0.15) is 0 Å². The van der Waals surface area contributed by atoms with Gasteiger partial charge in [-0.15, -0.1) is 0 Å². The van der Waals surface area contributed by atoms with Crippen molar-refractivity contribution in [3.05, 3.63) is 65.9 Å². The zero-order valence-corrected chi connectivity index (χ0v) is 18.4. The van der Waals surface area contributed by atoms with E-state index in [1.807, 2.05) is 36.4 Å². The molecule has 2 atom stereocenters. The van der Waals surface area contributed by atoms with Crippen LogP contribution in [0.2, 0.25) is 0 Å². The van der Waals surface area contributed by atoms with Crippen molar-refractivity contribution in [2.24, 2.45) is 5.92 Å². The Kier molecular flexibility index (Phi) is 7.22. The molecule has 1 saturated carbocycles. The third kappa shape index (κ3) is 5.77. The molecular formula is C26H30N2O4. The Bertz CT molecular complexity index is 1020. The molecule has 6 nitrogen and oxygen atoms in total. The van der Waals surface area contributed by atoms with Gasteiger partial charge in [0.15, 0.2) is 5.76 Å². The van der Waals surface area contributed by atoms with E-state index >= 15 is 0 Å². The van der Waals surface area contributed by atoms with Gasteiger partial charge in [-0.3, -0.25) is 9.59 Å². The lowest BCUT2D eigenvalue weighted by Gasteiger charge is -2.28. The first-order valence-electron chi connectivity index (χ1n) is 11.4. The lowest BCUT2D eigenvalue weighted by Crippen LogP contribution is -2.32. The van der Waals surface area contributed by atoms with Crippen LogP contribution in [0, 0.1) is 5.92 Å². The van der Waals surface area contributed by atoms with E-state index in [1.165, 1.54) is 19.3 Å². The average molecular weight is 435 g/mol. The number of carbonyl (C=O) groups excluding carboxylic acids is 2. The van der Waals surface area contributed by atoms with Crippen molar-refractivity contribution in [2.75, 3.05) is 18.5 Å². The van der Waals surface area contributed by atoms with Gasteiger partial charge >= 0.3 is 0 Å². The van der Waals surface area contributed by atoms with Gasteiger partial charge in [-0.1, -0.05) is 50.1 Å². The molecule has 0 spiro atoms. The molecule has 0 saturated heterocycles. The number of nitrogens with one attached hydrogen (secondary N) is 2. The number of hydrogen-bond acceptors (Lipinski definition) is 4. The van der Waals surface area contributed by atoms with Crippen LogP contribution in [0.25, 0.3) is 11.0 Å². The van der Waals surface area contributed by atoms with Crippen molar-refractivity contribution in [1.82, 2.24) is 5.32 Å². The van der Waals surface area contributed by atoms with Crippen LogP contribution >= 0.6 is 0 Å². The predicted octanol–water partition coefficient (Wildman–Crippen LogP) is 4.94. The third-order valence-corrected chi connectivity index (χ3v) is 6.01. The molecule has 0 radical (unpaired) electrons. The minimum absolute atomic E-state index is 0.0376. The van der Waals surface area contributed by atoms with Crippen LogP contribution in [-0.4, -0.2) is 31.1 Å². The van der Waals surface area contributed by atoms with E-state index in [4.69, 9.17) is 9.15 Å². The van der Waals surface area contributed by atoms with E-state index in [0.29, 0.717) is 36.4 Å². The van der Waals surface area contributed by atoms with E-state index in [1.54, 1.807) is 18.2 Å². The van der Waals surface area contributed by atoms with E-state index in [-0.39, 0.29) is 24.0 Å². The van der Waals surface area contributed by atoms with E-state index in [9.17, 15) is 9.59 Å². The number of fused-ring (bicyclic) bond motifs is 1. The van der Waals surface area contributed by atoms with E-state index < -0.39 is 0 Å². The predicted molar refractivity (Wildman–Crippen MR) is 125 cm³/mol. The summed E-state index contributed by atoms with van der Waals surface area (Å²) in [4.78, 5) is 24.7. The zero-order valence-electron chi connectivity index (χ0n) is 18.4. The van der Waals surface area contributed by atoms with Crippen molar-refractivity contribution in [3.8, 4) is 0 Å². The number of para-hydroxylation sites is 1. The SMILES string of the molecule is CC1CCCCC1OCCNC(=O)Cc1ccc(NC(=O)c2cc3ccccc3o2)cc1. The summed E-state index contributed by atoms with van der Waals surface area (Å²) in [5.41, 5.74) is 2.21. The molecule has 32 heavy (non-hydrogen) atoms. The zero-order chi connectivity index (χ0) is 22.3. The van der Waals surface area contributed by atoms with Gasteiger partial charge < -0.3 is 19.8 Å². The number of benzene rings is 2. The van der Waals surface area contributed by atoms with Gasteiger partial charge in [0.1, 0.15) is 5.58 Å². The number of anilines is 1. The van der Waals surface area contributed by atoms with Crippen LogP contribution in [0.5, 0.6) is 0 Å². The molecule has 2 N–H and O–H groups in total. The highest BCUT2D eigenvalue weighted by Gasteiger charge is 2.21. The fraction of sp³-hybridized carbons (Fsp3) is 0.385. The Labute approximate surface area is 188 Å². The molecule has 3 aromatic rings. The molecule has 2 unspecified atom stereocenters. The Morgan fingerprint density at radius 2 is 1.84 bits per heavy atom. The first-order valence-corrected chi connectivity index (χ1v) is 11.4. The average Bonchev–Trinajstić information content (AvgIpc) is 3.24. The molecule has 2 amide bonds. The van der Waals surface area contributed by atoms with Crippen molar-refractivity contribution >= 4 is 28.5 Å². The van der Waals surface area contributed by atoms with Gasteiger partial charge in [-0.05, 0) is 48.6 Å². The van der Waals surface area contributed by atoms with Crippen LogP contribution in [0.1, 0.15) is 48.7 Å². The highest BCUT2D eigenvalue weighted by Crippen LogP contribution is 2.26. The largest absolute Gasteiger partial charge is 0.451 e. The second-order valence-electron chi connectivity index (χ2n) is 8.50. The van der Waals surface area contributed by atoms with Crippen molar-refractivity contribution in [1.29, 1.82) is 0 Å². The van der Waals surface area contributed by atoms with Crippen LogP contribution < -0.4 is 10.6 Å². The highest BCUT2D eigenvalue weighted by atomic mass is 16.5. The minimum Gasteiger partial charge on any atom is -0.451 e. The first-order chi connectivity index (χ1) is 15.6. The second kappa shape index (κ2) is 10.5. The van der Waals surface area contributed by atoms with Crippen LogP contribution in [0.15, 0.2) is 59.0 Å². The summed E-state index contributed by atoms with van der Waals surface area (Å²) < 4.78 is 11.5. The van der Waals surface area contributed by atoms with Crippen molar-refractivity contribution < 1.29 is 18.7 Å². The number of hydrogen-bond donors (Lipinski definition) is 2. The monoisotopic (exact) mass is 434 g/mol. The maximum Gasteiger partial charge on any atom is 0.291 e. The van der Waals surface area contributed by atoms with Gasteiger partial charge in [0.2, 0.25) is 5.91 Å². The number of furan rings is 1. The van der Waals surface area contributed by atoms with E-state index in [0.717, 1.165) is 17.4 Å².